The lowest BCUT2D eigenvalue weighted by Gasteiger charge is -2.22. The number of urea groups is 1. The van der Waals surface area contributed by atoms with E-state index in [4.69, 9.17) is 4.74 Å². The minimum Gasteiger partial charge on any atom is -0.492 e. The molecule has 114 valence electrons. The lowest BCUT2D eigenvalue weighted by molar-refractivity contribution is 0.220. The molecule has 1 saturated carbocycles. The van der Waals surface area contributed by atoms with E-state index < -0.39 is 0 Å². The summed E-state index contributed by atoms with van der Waals surface area (Å²) in [4.78, 5) is 14.4. The molecule has 2 amide bonds. The Morgan fingerprint density at radius 3 is 2.57 bits per heavy atom. The highest BCUT2D eigenvalue weighted by atomic mass is 16.5. The number of hydrogen-bond donors (Lipinski definition) is 1. The third-order valence-corrected chi connectivity index (χ3v) is 4.69. The summed E-state index contributed by atoms with van der Waals surface area (Å²) in [5, 5.41) is 3.01. The molecule has 0 aromatic heterocycles. The molecule has 2 aliphatic rings. The van der Waals surface area contributed by atoms with Gasteiger partial charge in [0.15, 0.2) is 0 Å². The number of likely N-dealkylation sites (tertiary alicyclic amines) is 1. The van der Waals surface area contributed by atoms with E-state index >= 15 is 0 Å². The number of hydrogen-bond acceptors (Lipinski definition) is 2. The van der Waals surface area contributed by atoms with Gasteiger partial charge in [-0.25, -0.2) is 4.79 Å². The van der Waals surface area contributed by atoms with Crippen molar-refractivity contribution >= 4 is 11.7 Å². The Morgan fingerprint density at radius 2 is 1.90 bits per heavy atom. The van der Waals surface area contributed by atoms with Crippen LogP contribution in [0.3, 0.4) is 0 Å². The average molecular weight is 288 g/mol. The highest BCUT2D eigenvalue weighted by Gasteiger charge is 2.36. The van der Waals surface area contributed by atoms with Crippen molar-refractivity contribution in [1.29, 1.82) is 0 Å². The van der Waals surface area contributed by atoms with Crippen LogP contribution in [0.15, 0.2) is 24.3 Å². The predicted molar refractivity (Wildman–Crippen MR) is 83.7 cm³/mol. The maximum atomic E-state index is 12.5. The van der Waals surface area contributed by atoms with E-state index in [2.05, 4.69) is 5.32 Å². The molecular weight excluding hydrogens is 264 g/mol. The highest BCUT2D eigenvalue weighted by Crippen LogP contribution is 2.36. The molecule has 0 bridgehead atoms. The number of fused-ring (bicyclic) bond motifs is 1. The third kappa shape index (κ3) is 3.14. The minimum absolute atomic E-state index is 0.0107. The van der Waals surface area contributed by atoms with Gasteiger partial charge in [-0.15, -0.1) is 0 Å². The number of ether oxygens (including phenoxy) is 1. The molecule has 1 aliphatic heterocycles. The molecule has 1 aromatic carbocycles. The van der Waals surface area contributed by atoms with Crippen molar-refractivity contribution in [1.82, 2.24) is 4.90 Å². The summed E-state index contributed by atoms with van der Waals surface area (Å²) in [6.07, 6.45) is 5.21. The second kappa shape index (κ2) is 6.37. The van der Waals surface area contributed by atoms with Crippen molar-refractivity contribution in [3.63, 3.8) is 0 Å². The van der Waals surface area contributed by atoms with Gasteiger partial charge in [0.25, 0.3) is 0 Å². The smallest absolute Gasteiger partial charge is 0.321 e. The first-order valence-electron chi connectivity index (χ1n) is 8.05. The predicted octanol–water partition coefficient (Wildman–Crippen LogP) is 3.74. The molecule has 3 rings (SSSR count). The van der Waals surface area contributed by atoms with Gasteiger partial charge in [-0.2, -0.15) is 0 Å². The van der Waals surface area contributed by atoms with Crippen LogP contribution in [0.4, 0.5) is 10.5 Å². The molecule has 4 nitrogen and oxygen atoms in total. The van der Waals surface area contributed by atoms with Crippen molar-refractivity contribution in [2.24, 2.45) is 11.8 Å². The minimum atomic E-state index is 0.0107. The van der Waals surface area contributed by atoms with Crippen LogP contribution in [-0.2, 0) is 0 Å². The summed E-state index contributed by atoms with van der Waals surface area (Å²) in [5.74, 6) is 2.17. The van der Waals surface area contributed by atoms with E-state index in [1.165, 1.54) is 25.7 Å². The quantitative estimate of drug-likeness (QED) is 0.920. The fraction of sp³-hybridized carbons (Fsp3) is 0.588. The number of carbonyl (C=O) groups is 1. The van der Waals surface area contributed by atoms with E-state index in [9.17, 15) is 4.79 Å². The largest absolute Gasteiger partial charge is 0.492 e. The van der Waals surface area contributed by atoms with Crippen LogP contribution in [-0.4, -0.2) is 30.6 Å². The maximum Gasteiger partial charge on any atom is 0.321 e. The molecule has 2 unspecified atom stereocenters. The van der Waals surface area contributed by atoms with Crippen molar-refractivity contribution in [3.05, 3.63) is 24.3 Å². The van der Waals surface area contributed by atoms with E-state index in [1.54, 1.807) is 0 Å². The van der Waals surface area contributed by atoms with Crippen molar-refractivity contribution in [3.8, 4) is 5.75 Å². The highest BCUT2D eigenvalue weighted by molar-refractivity contribution is 5.91. The van der Waals surface area contributed by atoms with Crippen molar-refractivity contribution in [2.45, 2.75) is 32.6 Å². The molecule has 1 heterocycles. The van der Waals surface area contributed by atoms with Gasteiger partial charge < -0.3 is 15.0 Å². The van der Waals surface area contributed by atoms with Gasteiger partial charge in [0.05, 0.1) is 12.3 Å². The van der Waals surface area contributed by atoms with E-state index in [0.29, 0.717) is 18.4 Å². The zero-order chi connectivity index (χ0) is 14.7. The van der Waals surface area contributed by atoms with Crippen molar-refractivity contribution in [2.75, 3.05) is 25.0 Å². The number of carbonyl (C=O) groups excluding carboxylic acids is 1. The summed E-state index contributed by atoms with van der Waals surface area (Å²) in [6, 6.07) is 7.64. The van der Waals surface area contributed by atoms with Crippen LogP contribution in [0.2, 0.25) is 0 Å². The van der Waals surface area contributed by atoms with E-state index in [-0.39, 0.29) is 6.03 Å². The van der Waals surface area contributed by atoms with Crippen molar-refractivity contribution < 1.29 is 9.53 Å². The number of anilines is 1. The van der Waals surface area contributed by atoms with Crippen LogP contribution in [0.25, 0.3) is 0 Å². The summed E-state index contributed by atoms with van der Waals surface area (Å²) in [5.41, 5.74) is 0.763. The zero-order valence-electron chi connectivity index (χ0n) is 12.7. The van der Waals surface area contributed by atoms with E-state index in [0.717, 1.165) is 24.5 Å². The topological polar surface area (TPSA) is 41.6 Å². The third-order valence-electron chi connectivity index (χ3n) is 4.69. The first kappa shape index (κ1) is 14.2. The molecule has 1 saturated heterocycles. The number of para-hydroxylation sites is 2. The molecule has 2 fully saturated rings. The molecule has 1 aliphatic carbocycles. The van der Waals surface area contributed by atoms with Gasteiger partial charge in [0, 0.05) is 13.1 Å². The summed E-state index contributed by atoms with van der Waals surface area (Å²) in [7, 11) is 0. The zero-order valence-corrected chi connectivity index (χ0v) is 12.7. The number of nitrogens with one attached hydrogen (secondary N) is 1. The SMILES string of the molecule is CCOc1ccccc1NC(=O)N1CC2CCCCC2C1. The fourth-order valence-corrected chi connectivity index (χ4v) is 3.62. The van der Waals surface area contributed by atoms with Gasteiger partial charge in [-0.1, -0.05) is 25.0 Å². The molecule has 2 atom stereocenters. The number of nitrogens with zero attached hydrogens (tertiary/aromatic N) is 1. The van der Waals surface area contributed by atoms with Gasteiger partial charge in [-0.3, -0.25) is 0 Å². The standard InChI is InChI=1S/C17H24N2O2/c1-2-21-16-10-6-5-9-15(16)18-17(20)19-11-13-7-3-4-8-14(13)12-19/h5-6,9-10,13-14H,2-4,7-8,11-12H2,1H3,(H,18,20). The molecule has 1 N–H and O–H groups in total. The lowest BCUT2D eigenvalue weighted by Crippen LogP contribution is -2.33. The Morgan fingerprint density at radius 1 is 1.24 bits per heavy atom. The maximum absolute atomic E-state index is 12.5. The second-order valence-electron chi connectivity index (χ2n) is 6.07. The number of amides is 2. The van der Waals surface area contributed by atoms with Crippen LogP contribution in [0.5, 0.6) is 5.75 Å². The van der Waals surface area contributed by atoms with E-state index in [1.807, 2.05) is 36.1 Å². The molecule has 0 spiro atoms. The first-order chi connectivity index (χ1) is 10.3. The van der Waals surface area contributed by atoms with Gasteiger partial charge in [0.2, 0.25) is 0 Å². The lowest BCUT2D eigenvalue weighted by atomic mass is 9.82. The molecule has 4 heteroatoms. The Kier molecular flexibility index (Phi) is 4.32. The van der Waals surface area contributed by atoms with Crippen LogP contribution < -0.4 is 10.1 Å². The Bertz CT molecular complexity index is 489. The molecule has 1 aromatic rings. The van der Waals surface area contributed by atoms with Gasteiger partial charge >= 0.3 is 6.03 Å². The summed E-state index contributed by atoms with van der Waals surface area (Å²) >= 11 is 0. The molecule has 21 heavy (non-hydrogen) atoms. The van der Waals surface area contributed by atoms with Crippen LogP contribution in [0.1, 0.15) is 32.6 Å². The number of benzene rings is 1. The average Bonchev–Trinajstić information content (AvgIpc) is 2.93. The van der Waals surface area contributed by atoms with Gasteiger partial charge in [0.1, 0.15) is 5.75 Å². The Hall–Kier alpha value is -1.71. The van der Waals surface area contributed by atoms with Gasteiger partial charge in [-0.05, 0) is 43.7 Å². The molecular formula is C17H24N2O2. The second-order valence-corrected chi connectivity index (χ2v) is 6.07. The Balaban J connectivity index is 1.64. The summed E-state index contributed by atoms with van der Waals surface area (Å²) < 4.78 is 5.56. The monoisotopic (exact) mass is 288 g/mol. The first-order valence-corrected chi connectivity index (χ1v) is 8.05. The van der Waals surface area contributed by atoms with Crippen LogP contribution in [0, 0.1) is 11.8 Å². The summed E-state index contributed by atoms with van der Waals surface area (Å²) in [6.45, 7) is 4.37. The fourth-order valence-electron chi connectivity index (χ4n) is 3.62. The van der Waals surface area contributed by atoms with Crippen LogP contribution >= 0.6 is 0 Å². The number of rotatable bonds is 3. The normalized spacial score (nSPS) is 24.5. The molecule has 0 radical (unpaired) electrons. The Labute approximate surface area is 126 Å².